The van der Waals surface area contributed by atoms with Crippen LogP contribution in [0.5, 0.6) is 0 Å². The summed E-state index contributed by atoms with van der Waals surface area (Å²) in [4.78, 5) is 0. The van der Waals surface area contributed by atoms with Gasteiger partial charge in [-0.05, 0) is 0 Å². The summed E-state index contributed by atoms with van der Waals surface area (Å²) in [6.07, 6.45) is 0. The van der Waals surface area contributed by atoms with Crippen LogP contribution in [0.15, 0.2) is 0 Å². The predicted molar refractivity (Wildman–Crippen MR) is 35.3 cm³/mol. The fourth-order valence-electron chi connectivity index (χ4n) is 0.0546. The first-order chi connectivity index (χ1) is 2.41. The normalized spacial score (nSPS) is 8.40. The minimum Gasteiger partial charge on any atom is -0.205 e. The zero-order valence-electron chi connectivity index (χ0n) is 2.99. The van der Waals surface area contributed by atoms with Crippen LogP contribution >= 0.6 is 34.8 Å². The Morgan fingerprint density at radius 1 is 2.00 bits per heavy atom. The molecule has 0 aliphatic rings. The fraction of sp³-hybridized carbons (Fsp3) is 1.00. The number of nitrogens with one attached hydrogen (secondary N) is 1. The smallest absolute Gasteiger partial charge is 0.0286 e. The first-order valence-corrected chi connectivity index (χ1v) is 3.45. The number of hydrogen-bond acceptors (Lipinski definition) is 2. The van der Waals surface area contributed by atoms with Crippen molar-refractivity contribution in [1.82, 2.24) is 2.94 Å². The van der Waals surface area contributed by atoms with Crippen LogP contribution in [0, 0.1) is 0 Å². The maximum atomic E-state index is 2.90. The van der Waals surface area contributed by atoms with Gasteiger partial charge in [-0.25, -0.2) is 2.94 Å². The summed E-state index contributed by atoms with van der Waals surface area (Å²) in [5.74, 6) is 1.14. The van der Waals surface area contributed by atoms with Crippen molar-refractivity contribution in [2.45, 2.75) is 6.92 Å². The van der Waals surface area contributed by atoms with E-state index in [9.17, 15) is 0 Å². The molecule has 0 heterocycles. The molecule has 0 bridgehead atoms. The van der Waals surface area contributed by atoms with Crippen molar-refractivity contribution in [1.29, 1.82) is 0 Å². The lowest BCUT2D eigenvalue weighted by molar-refractivity contribution is 1.51. The molecule has 0 aromatic heterocycles. The minimum atomic E-state index is 1.14. The summed E-state index contributed by atoms with van der Waals surface area (Å²) in [7, 11) is 0. The Hall–Kier alpha value is 1.04. The second-order valence-electron chi connectivity index (χ2n) is 0.510. The molecule has 0 aliphatic heterocycles. The Labute approximate surface area is 50.5 Å². The molecule has 0 saturated carbocycles. The molecule has 0 amide bonds. The van der Waals surface area contributed by atoms with Gasteiger partial charge in [-0.3, -0.25) is 0 Å². The van der Waals surface area contributed by atoms with Crippen molar-refractivity contribution >= 4 is 34.8 Å². The van der Waals surface area contributed by atoms with Crippen LogP contribution in [-0.4, -0.2) is 5.75 Å². The van der Waals surface area contributed by atoms with Crippen molar-refractivity contribution in [3.05, 3.63) is 0 Å². The first-order valence-electron chi connectivity index (χ1n) is 1.39. The van der Waals surface area contributed by atoms with Crippen LogP contribution < -0.4 is 2.94 Å². The average Bonchev–Trinajstić information content (AvgIpc) is 1.41. The standard InChI is InChI=1S/C2H6INS/c1-2-5-4-3/h4H,2H2,1H3. The highest BCUT2D eigenvalue weighted by atomic mass is 127. The van der Waals surface area contributed by atoms with Crippen LogP contribution in [0.4, 0.5) is 0 Å². The van der Waals surface area contributed by atoms with E-state index in [-0.39, 0.29) is 0 Å². The van der Waals surface area contributed by atoms with E-state index in [1.165, 1.54) is 0 Å². The minimum absolute atomic E-state index is 1.14. The molecule has 0 aliphatic carbocycles. The van der Waals surface area contributed by atoms with Gasteiger partial charge in [0.15, 0.2) is 0 Å². The molecular formula is C2H6INS. The number of hydrogen-bond donors (Lipinski definition) is 1. The number of rotatable bonds is 2. The Balaban J connectivity index is 2.19. The maximum absolute atomic E-state index is 2.90. The van der Waals surface area contributed by atoms with Crippen LogP contribution in [0.1, 0.15) is 6.92 Å². The zero-order chi connectivity index (χ0) is 4.12. The second-order valence-corrected chi connectivity index (χ2v) is 2.85. The molecule has 32 valence electrons. The fourth-order valence-corrected chi connectivity index (χ4v) is 1.10. The Morgan fingerprint density at radius 3 is 2.60 bits per heavy atom. The van der Waals surface area contributed by atoms with E-state index >= 15 is 0 Å². The molecule has 1 N–H and O–H groups in total. The van der Waals surface area contributed by atoms with Crippen molar-refractivity contribution < 1.29 is 0 Å². The molecule has 0 spiro atoms. The van der Waals surface area contributed by atoms with Gasteiger partial charge < -0.3 is 0 Å². The highest BCUT2D eigenvalue weighted by Gasteiger charge is 1.66. The van der Waals surface area contributed by atoms with Crippen molar-refractivity contribution in [3.63, 3.8) is 0 Å². The van der Waals surface area contributed by atoms with E-state index in [1.807, 2.05) is 0 Å². The lowest BCUT2D eigenvalue weighted by Crippen LogP contribution is -1.77. The highest BCUT2D eigenvalue weighted by molar-refractivity contribution is 14.1. The van der Waals surface area contributed by atoms with Gasteiger partial charge >= 0.3 is 0 Å². The third-order valence-electron chi connectivity index (χ3n) is 0.199. The second kappa shape index (κ2) is 5.04. The lowest BCUT2D eigenvalue weighted by Gasteiger charge is -1.81. The van der Waals surface area contributed by atoms with Crippen LogP contribution in [0.25, 0.3) is 0 Å². The van der Waals surface area contributed by atoms with Crippen LogP contribution in [-0.2, 0) is 0 Å². The number of halogens is 1. The molecule has 0 saturated heterocycles. The molecule has 1 nitrogen and oxygen atoms in total. The van der Waals surface area contributed by atoms with E-state index < -0.39 is 0 Å². The van der Waals surface area contributed by atoms with Crippen LogP contribution in [0.2, 0.25) is 0 Å². The van der Waals surface area contributed by atoms with Gasteiger partial charge in [-0.15, -0.1) is 0 Å². The van der Waals surface area contributed by atoms with Gasteiger partial charge in [0, 0.05) is 28.6 Å². The molecule has 3 heteroatoms. The van der Waals surface area contributed by atoms with Gasteiger partial charge in [0.2, 0.25) is 0 Å². The predicted octanol–water partition coefficient (Wildman–Crippen LogP) is 1.59. The monoisotopic (exact) mass is 203 g/mol. The van der Waals surface area contributed by atoms with Gasteiger partial charge in [0.05, 0.1) is 0 Å². The summed E-state index contributed by atoms with van der Waals surface area (Å²) in [6.45, 7) is 2.11. The summed E-state index contributed by atoms with van der Waals surface area (Å²) in [5.41, 5.74) is 0. The summed E-state index contributed by atoms with van der Waals surface area (Å²) >= 11 is 3.80. The largest absolute Gasteiger partial charge is 0.205 e. The molecule has 0 radical (unpaired) electrons. The Bertz CT molecular complexity index is 17.1. The van der Waals surface area contributed by atoms with E-state index in [0.717, 1.165) is 5.75 Å². The molecule has 5 heavy (non-hydrogen) atoms. The summed E-state index contributed by atoms with van der Waals surface area (Å²) in [5, 5.41) is 0. The highest BCUT2D eigenvalue weighted by Crippen LogP contribution is 1.91. The topological polar surface area (TPSA) is 12.0 Å². The zero-order valence-corrected chi connectivity index (χ0v) is 5.97. The van der Waals surface area contributed by atoms with Gasteiger partial charge in [0.1, 0.15) is 0 Å². The lowest BCUT2D eigenvalue weighted by atomic mass is 11.0. The van der Waals surface area contributed by atoms with Crippen molar-refractivity contribution in [3.8, 4) is 0 Å². The molecule has 0 atom stereocenters. The Kier molecular flexibility index (Phi) is 6.09. The Morgan fingerprint density at radius 2 is 2.60 bits per heavy atom. The molecule has 0 unspecified atom stereocenters. The molecule has 0 aromatic carbocycles. The third-order valence-corrected chi connectivity index (χ3v) is 1.53. The van der Waals surface area contributed by atoms with E-state index in [0.29, 0.717) is 0 Å². The van der Waals surface area contributed by atoms with Gasteiger partial charge in [-0.2, -0.15) is 0 Å². The molecule has 0 aromatic rings. The van der Waals surface area contributed by atoms with Gasteiger partial charge in [0.25, 0.3) is 0 Å². The average molecular weight is 203 g/mol. The summed E-state index contributed by atoms with van der Waals surface area (Å²) < 4.78 is 2.90. The van der Waals surface area contributed by atoms with E-state index in [1.54, 1.807) is 11.9 Å². The SMILES string of the molecule is CCSNI. The van der Waals surface area contributed by atoms with Crippen LogP contribution in [0.3, 0.4) is 0 Å². The molecule has 0 fully saturated rings. The molecular weight excluding hydrogens is 197 g/mol. The third kappa shape index (κ3) is 5.04. The van der Waals surface area contributed by atoms with Gasteiger partial charge in [-0.1, -0.05) is 18.9 Å². The quantitative estimate of drug-likeness (QED) is 0.415. The van der Waals surface area contributed by atoms with Crippen molar-refractivity contribution in [2.24, 2.45) is 0 Å². The first kappa shape index (κ1) is 6.04. The van der Waals surface area contributed by atoms with E-state index in [2.05, 4.69) is 32.7 Å². The summed E-state index contributed by atoms with van der Waals surface area (Å²) in [6, 6.07) is 0. The van der Waals surface area contributed by atoms with E-state index in [4.69, 9.17) is 0 Å². The van der Waals surface area contributed by atoms with Crippen molar-refractivity contribution in [2.75, 3.05) is 5.75 Å². The maximum Gasteiger partial charge on any atom is 0.0286 e. The molecule has 0 rings (SSSR count).